The number of hydrogen-bond acceptors (Lipinski definition) is 4. The van der Waals surface area contributed by atoms with Gasteiger partial charge in [-0.2, -0.15) is 0 Å². The summed E-state index contributed by atoms with van der Waals surface area (Å²) < 4.78 is 0. The van der Waals surface area contributed by atoms with Gasteiger partial charge in [-0.15, -0.1) is 6.42 Å². The molecule has 0 aromatic heterocycles. The van der Waals surface area contributed by atoms with Crippen LogP contribution in [0.1, 0.15) is 46.1 Å². The average molecular weight is 461 g/mol. The van der Waals surface area contributed by atoms with Crippen LogP contribution in [0.2, 0.25) is 0 Å². The molecule has 5 heteroatoms. The number of benzene rings is 1. The van der Waals surface area contributed by atoms with Crippen LogP contribution in [-0.4, -0.2) is 34.6 Å². The predicted octanol–water partition coefficient (Wildman–Crippen LogP) is 4.26. The molecular formula is C17H26N3OYb-. The molecule has 4 nitrogen and oxygen atoms in total. The molecule has 0 saturated carbocycles. The van der Waals surface area contributed by atoms with E-state index in [4.69, 9.17) is 10.2 Å². The van der Waals surface area contributed by atoms with Crippen molar-refractivity contribution in [3.63, 3.8) is 0 Å². The number of piperidine rings is 1. The molecule has 0 aliphatic carbocycles. The fourth-order valence-corrected chi connectivity index (χ4v) is 2.19. The van der Waals surface area contributed by atoms with Gasteiger partial charge >= 0.3 is 0 Å². The summed E-state index contributed by atoms with van der Waals surface area (Å²) in [5, 5.41) is 12.2. The second kappa shape index (κ2) is 11.4. The zero-order valence-electron chi connectivity index (χ0n) is 13.9. The number of hydrogen-bond donors (Lipinski definition) is 1. The second-order valence-corrected chi connectivity index (χ2v) is 4.99. The number of rotatable bonds is 2. The van der Waals surface area contributed by atoms with Crippen molar-refractivity contribution in [1.29, 1.82) is 0 Å². The minimum absolute atomic E-state index is 0. The van der Waals surface area contributed by atoms with Crippen LogP contribution in [0.5, 0.6) is 0 Å². The van der Waals surface area contributed by atoms with Crippen LogP contribution in [0.15, 0.2) is 34.4 Å². The summed E-state index contributed by atoms with van der Waals surface area (Å²) in [6.45, 7) is 10.1. The van der Waals surface area contributed by atoms with E-state index in [0.29, 0.717) is 11.8 Å². The summed E-state index contributed by atoms with van der Waals surface area (Å²) in [7, 11) is 2.10. The van der Waals surface area contributed by atoms with Crippen molar-refractivity contribution in [2.45, 2.75) is 46.6 Å². The Morgan fingerprint density at radius 3 is 2.55 bits per heavy atom. The van der Waals surface area contributed by atoms with E-state index in [1.165, 1.54) is 5.71 Å². The summed E-state index contributed by atoms with van der Waals surface area (Å²) in [5.41, 5.74) is 3.51. The van der Waals surface area contributed by atoms with Gasteiger partial charge in [0.2, 0.25) is 0 Å². The normalized spacial score (nSPS) is 20.9. The Morgan fingerprint density at radius 2 is 1.95 bits per heavy atom. The van der Waals surface area contributed by atoms with E-state index < -0.39 is 0 Å². The van der Waals surface area contributed by atoms with Crippen LogP contribution in [0.3, 0.4) is 0 Å². The number of likely N-dealkylation sites (tertiary alicyclic amines) is 1. The van der Waals surface area contributed by atoms with Gasteiger partial charge in [0.25, 0.3) is 0 Å². The summed E-state index contributed by atoms with van der Waals surface area (Å²) in [6.07, 6.45) is 1.85. The number of para-hydroxylation sites is 1. The first-order valence-electron chi connectivity index (χ1n) is 7.51. The largest absolute Gasteiger partial charge is 0.456 e. The molecule has 1 fully saturated rings. The van der Waals surface area contributed by atoms with Crippen molar-refractivity contribution < 1.29 is 52.1 Å². The van der Waals surface area contributed by atoms with Gasteiger partial charge < -0.3 is 10.1 Å². The van der Waals surface area contributed by atoms with Crippen LogP contribution >= 0.6 is 0 Å². The first-order chi connectivity index (χ1) is 10.1. The number of oxime groups is 1. The monoisotopic (exact) mass is 462 g/mol. The fourth-order valence-electron chi connectivity index (χ4n) is 2.19. The van der Waals surface area contributed by atoms with Crippen molar-refractivity contribution in [3.8, 4) is 0 Å². The molecule has 1 unspecified atom stereocenters. The molecule has 0 spiro atoms. The van der Waals surface area contributed by atoms with Gasteiger partial charge in [-0.3, -0.25) is 11.5 Å². The van der Waals surface area contributed by atoms with E-state index in [1.54, 1.807) is 6.92 Å². The van der Waals surface area contributed by atoms with Crippen LogP contribution in [0, 0.1) is 53.5 Å². The maximum atomic E-state index is 8.92. The first-order valence-corrected chi connectivity index (χ1v) is 7.51. The summed E-state index contributed by atoms with van der Waals surface area (Å²) in [5.74, 6) is 0. The molecule has 22 heavy (non-hydrogen) atoms. The van der Waals surface area contributed by atoms with Gasteiger partial charge in [0, 0.05) is 52.5 Å². The second-order valence-electron chi connectivity index (χ2n) is 4.99. The zero-order valence-corrected chi connectivity index (χ0v) is 15.6. The summed E-state index contributed by atoms with van der Waals surface area (Å²) >= 11 is 0. The Balaban J connectivity index is 0.00000141. The van der Waals surface area contributed by atoms with Crippen LogP contribution in [0.25, 0.3) is 0 Å². The first kappa shape index (κ1) is 21.8. The molecular weight excluding hydrogens is 435 g/mol. The standard InChI is InChI=1S/C15H20N3O.C2H6.Yb/c1-11-10-13(8-9-18(11)3)16-15-7-5-4-6-14(15)12(2)17-19;1-2;/h4-7,9,11,19H,8,10H2,1-3H3;1-2H3;/q-1;;. The van der Waals surface area contributed by atoms with E-state index in [1.807, 2.05) is 38.1 Å². The van der Waals surface area contributed by atoms with E-state index in [2.05, 4.69) is 30.6 Å². The van der Waals surface area contributed by atoms with Gasteiger partial charge in [-0.25, -0.2) is 0 Å². The van der Waals surface area contributed by atoms with Crippen LogP contribution in [0.4, 0.5) is 5.69 Å². The van der Waals surface area contributed by atoms with Gasteiger partial charge in [0.05, 0.1) is 11.4 Å². The smallest absolute Gasteiger partial charge is 0.0858 e. The summed E-state index contributed by atoms with van der Waals surface area (Å²) in [4.78, 5) is 6.97. The topological polar surface area (TPSA) is 48.2 Å². The Morgan fingerprint density at radius 1 is 1.32 bits per heavy atom. The third-order valence-corrected chi connectivity index (χ3v) is 3.56. The van der Waals surface area contributed by atoms with E-state index in [0.717, 1.165) is 24.1 Å². The predicted molar refractivity (Wildman–Crippen MR) is 89.6 cm³/mol. The third kappa shape index (κ3) is 6.15. The van der Waals surface area contributed by atoms with Gasteiger partial charge in [0.1, 0.15) is 0 Å². The Bertz CT molecular complexity index is 514. The molecule has 1 aliphatic rings. The molecule has 1 heterocycles. The third-order valence-electron chi connectivity index (χ3n) is 3.56. The Kier molecular flexibility index (Phi) is 11.3. The molecule has 1 N–H and O–H groups in total. The molecule has 130 valence electrons. The maximum absolute atomic E-state index is 8.92. The zero-order chi connectivity index (χ0) is 15.8. The molecule has 2 rings (SSSR count). The molecule has 1 aromatic rings. The molecule has 0 radical (unpaired) electrons. The summed E-state index contributed by atoms with van der Waals surface area (Å²) in [6, 6.07) is 8.25. The van der Waals surface area contributed by atoms with Crippen molar-refractivity contribution in [2.75, 3.05) is 7.05 Å². The molecule has 1 atom stereocenters. The van der Waals surface area contributed by atoms with Gasteiger partial charge in [0.15, 0.2) is 0 Å². The molecule has 0 amide bonds. The SMILES string of the molecule is CC.CC(=NO)c1ccccc1N=C1C[CH-]N(C)C(C)C1.[Yb]. The van der Waals surface area contributed by atoms with Crippen LogP contribution in [-0.2, 0) is 0 Å². The van der Waals surface area contributed by atoms with Crippen molar-refractivity contribution in [3.05, 3.63) is 36.4 Å². The average Bonchev–Trinajstić information content (AvgIpc) is 2.53. The molecule has 1 aliphatic heterocycles. The van der Waals surface area contributed by atoms with E-state index in [9.17, 15) is 0 Å². The maximum Gasteiger partial charge on any atom is 0.0858 e. The molecule has 1 aromatic carbocycles. The molecule has 1 saturated heterocycles. The van der Waals surface area contributed by atoms with Gasteiger partial charge in [-0.1, -0.05) is 44.1 Å². The van der Waals surface area contributed by atoms with Crippen molar-refractivity contribution in [1.82, 2.24) is 4.90 Å². The van der Waals surface area contributed by atoms with Gasteiger partial charge in [-0.05, 0) is 38.2 Å². The Hall–Kier alpha value is -0.161. The number of aliphatic imine (C=N–C) groups is 1. The minimum Gasteiger partial charge on any atom is -0.456 e. The molecule has 0 bridgehead atoms. The van der Waals surface area contributed by atoms with Crippen LogP contribution < -0.4 is 0 Å². The van der Waals surface area contributed by atoms with E-state index >= 15 is 0 Å². The van der Waals surface area contributed by atoms with Crippen molar-refractivity contribution >= 4 is 17.1 Å². The fraction of sp³-hybridized carbons (Fsp3) is 0.471. The Labute approximate surface area is 172 Å². The minimum atomic E-state index is 0. The van der Waals surface area contributed by atoms with E-state index in [-0.39, 0.29) is 46.9 Å². The van der Waals surface area contributed by atoms with Crippen molar-refractivity contribution in [2.24, 2.45) is 10.1 Å². The quantitative estimate of drug-likeness (QED) is 0.310. The number of nitrogens with zero attached hydrogens (tertiary/aromatic N) is 3.